The van der Waals surface area contributed by atoms with Crippen molar-refractivity contribution in [2.24, 2.45) is 0 Å². The Morgan fingerprint density at radius 2 is 2.00 bits per heavy atom. The molecule has 0 saturated carbocycles. The van der Waals surface area contributed by atoms with Crippen LogP contribution in [0.15, 0.2) is 60.8 Å². The summed E-state index contributed by atoms with van der Waals surface area (Å²) in [5.41, 5.74) is 1.42. The number of nitrogens with one attached hydrogen (secondary N) is 2. The highest BCUT2D eigenvalue weighted by atomic mass is 32.1. The number of pyridine rings is 1. The highest BCUT2D eigenvalue weighted by Crippen LogP contribution is 2.18. The third kappa shape index (κ3) is 5.65. The summed E-state index contributed by atoms with van der Waals surface area (Å²) in [5, 5.41) is 5.36. The Labute approximate surface area is 161 Å². The van der Waals surface area contributed by atoms with E-state index in [-0.39, 0.29) is 18.4 Å². The summed E-state index contributed by atoms with van der Waals surface area (Å²) < 4.78 is 5.69. The van der Waals surface area contributed by atoms with E-state index in [1.165, 1.54) is 11.3 Å². The van der Waals surface area contributed by atoms with Gasteiger partial charge in [-0.1, -0.05) is 12.1 Å². The number of amides is 2. The van der Waals surface area contributed by atoms with E-state index in [1.54, 1.807) is 36.5 Å². The Hall–Kier alpha value is -3.19. The van der Waals surface area contributed by atoms with Gasteiger partial charge in [-0.25, -0.2) is 0 Å². The van der Waals surface area contributed by atoms with Crippen molar-refractivity contribution >= 4 is 28.8 Å². The molecule has 2 aromatic heterocycles. The molecule has 3 rings (SSSR count). The topological polar surface area (TPSA) is 80.3 Å². The standard InChI is InChI=1S/C20H19N3O3S/c1-14-8-9-18(27-14)20(25)22-12-19(24)23-15-6-4-7-17(11-15)26-13-16-5-2-3-10-21-16/h2-11H,12-13H2,1H3,(H,22,25)(H,23,24). The average molecular weight is 381 g/mol. The Bertz CT molecular complexity index is 925. The number of ether oxygens (including phenoxy) is 1. The van der Waals surface area contributed by atoms with Gasteiger partial charge in [0.25, 0.3) is 5.91 Å². The molecule has 6 nitrogen and oxygen atoms in total. The lowest BCUT2D eigenvalue weighted by atomic mass is 10.3. The lowest BCUT2D eigenvalue weighted by molar-refractivity contribution is -0.115. The fraction of sp³-hybridized carbons (Fsp3) is 0.150. The molecule has 2 N–H and O–H groups in total. The number of aryl methyl sites for hydroxylation is 1. The van der Waals surface area contributed by atoms with E-state index in [2.05, 4.69) is 15.6 Å². The molecule has 0 atom stereocenters. The number of hydrogen-bond acceptors (Lipinski definition) is 5. The number of carbonyl (C=O) groups excluding carboxylic acids is 2. The van der Waals surface area contributed by atoms with Crippen LogP contribution in [-0.2, 0) is 11.4 Å². The highest BCUT2D eigenvalue weighted by Gasteiger charge is 2.10. The number of rotatable bonds is 7. The van der Waals surface area contributed by atoms with Crippen LogP contribution in [0, 0.1) is 6.92 Å². The van der Waals surface area contributed by atoms with Gasteiger partial charge in [0.2, 0.25) is 5.91 Å². The summed E-state index contributed by atoms with van der Waals surface area (Å²) in [7, 11) is 0. The molecule has 3 aromatic rings. The van der Waals surface area contributed by atoms with Gasteiger partial charge in [-0.3, -0.25) is 14.6 Å². The van der Waals surface area contributed by atoms with E-state index < -0.39 is 0 Å². The first-order valence-electron chi connectivity index (χ1n) is 8.37. The Balaban J connectivity index is 1.49. The number of nitrogens with zero attached hydrogens (tertiary/aromatic N) is 1. The summed E-state index contributed by atoms with van der Waals surface area (Å²) in [6.07, 6.45) is 1.71. The van der Waals surface area contributed by atoms with Crippen molar-refractivity contribution in [2.75, 3.05) is 11.9 Å². The van der Waals surface area contributed by atoms with Gasteiger partial charge in [-0.2, -0.15) is 0 Å². The van der Waals surface area contributed by atoms with E-state index in [0.29, 0.717) is 22.9 Å². The predicted molar refractivity (Wildman–Crippen MR) is 105 cm³/mol. The Morgan fingerprint density at radius 1 is 1.11 bits per heavy atom. The first kappa shape index (κ1) is 18.6. The third-order valence-corrected chi connectivity index (χ3v) is 4.60. The minimum atomic E-state index is -0.307. The van der Waals surface area contributed by atoms with Crippen LogP contribution in [0.2, 0.25) is 0 Å². The first-order chi connectivity index (χ1) is 13.1. The minimum absolute atomic E-state index is 0.102. The van der Waals surface area contributed by atoms with E-state index in [4.69, 9.17) is 4.74 Å². The third-order valence-electron chi connectivity index (χ3n) is 3.60. The van der Waals surface area contributed by atoms with Crippen LogP contribution in [0.1, 0.15) is 20.2 Å². The summed E-state index contributed by atoms with van der Waals surface area (Å²) in [6, 6.07) is 16.3. The molecule has 138 valence electrons. The number of thiophene rings is 1. The molecule has 0 unspecified atom stereocenters. The normalized spacial score (nSPS) is 10.3. The van der Waals surface area contributed by atoms with E-state index in [0.717, 1.165) is 10.6 Å². The molecular formula is C20H19N3O3S. The van der Waals surface area contributed by atoms with Gasteiger partial charge in [0.05, 0.1) is 17.1 Å². The number of anilines is 1. The molecule has 0 aliphatic heterocycles. The van der Waals surface area contributed by atoms with Crippen LogP contribution < -0.4 is 15.4 Å². The van der Waals surface area contributed by atoms with Crippen molar-refractivity contribution in [3.8, 4) is 5.75 Å². The van der Waals surface area contributed by atoms with Gasteiger partial charge < -0.3 is 15.4 Å². The van der Waals surface area contributed by atoms with E-state index in [1.807, 2.05) is 31.2 Å². The van der Waals surface area contributed by atoms with Crippen molar-refractivity contribution in [1.29, 1.82) is 0 Å². The largest absolute Gasteiger partial charge is 0.487 e. The molecular weight excluding hydrogens is 362 g/mol. The maximum Gasteiger partial charge on any atom is 0.261 e. The van der Waals surface area contributed by atoms with Crippen LogP contribution in [0.25, 0.3) is 0 Å². The lowest BCUT2D eigenvalue weighted by Gasteiger charge is -2.09. The summed E-state index contributed by atoms with van der Waals surface area (Å²) >= 11 is 1.39. The Morgan fingerprint density at radius 3 is 2.74 bits per heavy atom. The molecule has 0 spiro atoms. The molecule has 0 saturated heterocycles. The van der Waals surface area contributed by atoms with Crippen molar-refractivity contribution < 1.29 is 14.3 Å². The molecule has 7 heteroatoms. The molecule has 0 aliphatic rings. The first-order valence-corrected chi connectivity index (χ1v) is 9.19. The summed E-state index contributed by atoms with van der Waals surface area (Å²) in [5.74, 6) is 0.0609. The van der Waals surface area contributed by atoms with Gasteiger partial charge in [0.1, 0.15) is 12.4 Å². The molecule has 1 aromatic carbocycles. The molecule has 0 radical (unpaired) electrons. The monoisotopic (exact) mass is 381 g/mol. The number of aromatic nitrogens is 1. The second-order valence-corrected chi connectivity index (χ2v) is 7.07. The van der Waals surface area contributed by atoms with E-state index >= 15 is 0 Å². The number of benzene rings is 1. The van der Waals surface area contributed by atoms with Crippen molar-refractivity contribution in [3.05, 3.63) is 76.2 Å². The molecule has 0 bridgehead atoms. The predicted octanol–water partition coefficient (Wildman–Crippen LogP) is 3.40. The number of carbonyl (C=O) groups is 2. The molecule has 0 fully saturated rings. The zero-order valence-corrected chi connectivity index (χ0v) is 15.6. The van der Waals surface area contributed by atoms with Gasteiger partial charge in [0, 0.05) is 22.8 Å². The van der Waals surface area contributed by atoms with Crippen LogP contribution in [0.5, 0.6) is 5.75 Å². The summed E-state index contributed by atoms with van der Waals surface area (Å²) in [4.78, 5) is 29.9. The average Bonchev–Trinajstić information content (AvgIpc) is 3.12. The zero-order valence-electron chi connectivity index (χ0n) is 14.8. The Kier molecular flexibility index (Phi) is 6.17. The van der Waals surface area contributed by atoms with Crippen LogP contribution in [0.3, 0.4) is 0 Å². The van der Waals surface area contributed by atoms with Crippen molar-refractivity contribution in [1.82, 2.24) is 10.3 Å². The second-order valence-electron chi connectivity index (χ2n) is 5.78. The fourth-order valence-electron chi connectivity index (χ4n) is 2.31. The molecule has 0 aliphatic carbocycles. The van der Waals surface area contributed by atoms with Gasteiger partial charge in [-0.05, 0) is 43.3 Å². The minimum Gasteiger partial charge on any atom is -0.487 e. The highest BCUT2D eigenvalue weighted by molar-refractivity contribution is 7.13. The SMILES string of the molecule is Cc1ccc(C(=O)NCC(=O)Nc2cccc(OCc3ccccn3)c2)s1. The van der Waals surface area contributed by atoms with Gasteiger partial charge in [0.15, 0.2) is 0 Å². The summed E-state index contributed by atoms with van der Waals surface area (Å²) in [6.45, 7) is 2.17. The van der Waals surface area contributed by atoms with Crippen molar-refractivity contribution in [3.63, 3.8) is 0 Å². The second kappa shape index (κ2) is 8.95. The van der Waals surface area contributed by atoms with Crippen LogP contribution in [-0.4, -0.2) is 23.3 Å². The maximum atomic E-state index is 12.1. The maximum absolute atomic E-state index is 12.1. The molecule has 2 heterocycles. The fourth-order valence-corrected chi connectivity index (χ4v) is 3.10. The molecule has 2 amide bonds. The van der Waals surface area contributed by atoms with Gasteiger partial charge >= 0.3 is 0 Å². The molecule has 27 heavy (non-hydrogen) atoms. The quantitative estimate of drug-likeness (QED) is 0.657. The van der Waals surface area contributed by atoms with Crippen LogP contribution >= 0.6 is 11.3 Å². The zero-order chi connectivity index (χ0) is 19.1. The van der Waals surface area contributed by atoms with Crippen LogP contribution in [0.4, 0.5) is 5.69 Å². The van der Waals surface area contributed by atoms with Crippen molar-refractivity contribution in [2.45, 2.75) is 13.5 Å². The van der Waals surface area contributed by atoms with E-state index in [9.17, 15) is 9.59 Å². The number of hydrogen-bond donors (Lipinski definition) is 2. The smallest absolute Gasteiger partial charge is 0.261 e. The lowest BCUT2D eigenvalue weighted by Crippen LogP contribution is -2.32. The van der Waals surface area contributed by atoms with Gasteiger partial charge in [-0.15, -0.1) is 11.3 Å².